The number of nitrogens with zero attached hydrogens (tertiary/aromatic N) is 3. The lowest BCUT2D eigenvalue weighted by Crippen LogP contribution is -2.37. The fourth-order valence-electron chi connectivity index (χ4n) is 3.15. The summed E-state index contributed by atoms with van der Waals surface area (Å²) in [5.74, 6) is -0.799. The van der Waals surface area contributed by atoms with Gasteiger partial charge in [0.05, 0.1) is 28.8 Å². The molecule has 0 unspecified atom stereocenters. The summed E-state index contributed by atoms with van der Waals surface area (Å²) >= 11 is 0. The molecule has 1 aromatic carbocycles. The Morgan fingerprint density at radius 2 is 1.79 bits per heavy atom. The summed E-state index contributed by atoms with van der Waals surface area (Å²) in [7, 11) is 0. The summed E-state index contributed by atoms with van der Waals surface area (Å²) in [6, 6.07) is 3.26. The van der Waals surface area contributed by atoms with Crippen molar-refractivity contribution < 1.29 is 19.4 Å². The smallest absolute Gasteiger partial charge is 0.279 e. The highest BCUT2D eigenvalue weighted by Crippen LogP contribution is 2.25. The van der Waals surface area contributed by atoms with Crippen LogP contribution in [0.15, 0.2) is 23.3 Å². The lowest BCUT2D eigenvalue weighted by atomic mass is 9.95. The Bertz CT molecular complexity index is 832. The molecular formula is C18H23N5O6. The Morgan fingerprint density at radius 1 is 1.10 bits per heavy atom. The molecule has 0 aliphatic heterocycles. The highest BCUT2D eigenvalue weighted by atomic mass is 16.6. The molecule has 0 bridgehead atoms. The lowest BCUT2D eigenvalue weighted by molar-refractivity contribution is -0.394. The van der Waals surface area contributed by atoms with Gasteiger partial charge in [-0.25, -0.2) is 5.43 Å². The van der Waals surface area contributed by atoms with E-state index in [0.29, 0.717) is 5.71 Å². The van der Waals surface area contributed by atoms with Crippen LogP contribution in [0.25, 0.3) is 0 Å². The Kier molecular flexibility index (Phi) is 7.75. The maximum absolute atomic E-state index is 12.0. The second-order valence-corrected chi connectivity index (χ2v) is 6.97. The first-order valence-electron chi connectivity index (χ1n) is 9.29. The zero-order chi connectivity index (χ0) is 21.4. The highest BCUT2D eigenvalue weighted by molar-refractivity contribution is 6.00. The van der Waals surface area contributed by atoms with Crippen molar-refractivity contribution in [3.05, 3.63) is 44.0 Å². The number of nitro benzene ring substituents is 2. The molecule has 1 saturated carbocycles. The summed E-state index contributed by atoms with van der Waals surface area (Å²) in [4.78, 5) is 44.4. The van der Waals surface area contributed by atoms with Gasteiger partial charge < -0.3 is 5.32 Å². The fourth-order valence-corrected chi connectivity index (χ4v) is 3.15. The van der Waals surface area contributed by atoms with E-state index >= 15 is 0 Å². The van der Waals surface area contributed by atoms with E-state index in [2.05, 4.69) is 15.8 Å². The van der Waals surface area contributed by atoms with Crippen molar-refractivity contribution in [2.75, 3.05) is 0 Å². The summed E-state index contributed by atoms with van der Waals surface area (Å²) in [5.41, 5.74) is 1.73. The largest absolute Gasteiger partial charge is 0.353 e. The van der Waals surface area contributed by atoms with E-state index in [9.17, 15) is 29.8 Å². The SMILES string of the molecule is CC(CC(=O)NC1CCCCC1)=NNC(=O)Cc1ccc([N+](=O)[O-])cc1[N+](=O)[O-]. The third-order valence-corrected chi connectivity index (χ3v) is 4.59. The van der Waals surface area contributed by atoms with E-state index in [4.69, 9.17) is 0 Å². The van der Waals surface area contributed by atoms with Gasteiger partial charge in [-0.05, 0) is 25.8 Å². The highest BCUT2D eigenvalue weighted by Gasteiger charge is 2.21. The molecule has 11 nitrogen and oxygen atoms in total. The van der Waals surface area contributed by atoms with Crippen LogP contribution in [0.2, 0.25) is 0 Å². The summed E-state index contributed by atoms with van der Waals surface area (Å²) in [5, 5.41) is 28.7. The topological polar surface area (TPSA) is 157 Å². The van der Waals surface area contributed by atoms with Crippen LogP contribution < -0.4 is 10.7 Å². The number of carbonyl (C=O) groups excluding carboxylic acids is 2. The van der Waals surface area contributed by atoms with Crippen LogP contribution in [0.4, 0.5) is 11.4 Å². The second kappa shape index (κ2) is 10.2. The standard InChI is InChI=1S/C18H23N5O6/c1-12(9-17(24)19-14-5-3-2-4-6-14)20-21-18(25)10-13-7-8-15(22(26)27)11-16(13)23(28)29/h7-8,11,14H,2-6,9-10H2,1H3,(H,19,24)(H,21,25). The maximum atomic E-state index is 12.0. The van der Waals surface area contributed by atoms with Crippen LogP contribution in [-0.2, 0) is 16.0 Å². The molecule has 29 heavy (non-hydrogen) atoms. The first-order valence-corrected chi connectivity index (χ1v) is 9.29. The van der Waals surface area contributed by atoms with Crippen molar-refractivity contribution in [3.8, 4) is 0 Å². The number of non-ortho nitro benzene ring substituents is 1. The van der Waals surface area contributed by atoms with Crippen molar-refractivity contribution in [3.63, 3.8) is 0 Å². The van der Waals surface area contributed by atoms with E-state index in [1.807, 2.05) is 0 Å². The van der Waals surface area contributed by atoms with Gasteiger partial charge in [-0.1, -0.05) is 19.3 Å². The zero-order valence-electron chi connectivity index (χ0n) is 16.1. The summed E-state index contributed by atoms with van der Waals surface area (Å²) in [6.45, 7) is 1.59. The number of hydrogen-bond acceptors (Lipinski definition) is 7. The number of benzene rings is 1. The molecule has 11 heteroatoms. The lowest BCUT2D eigenvalue weighted by Gasteiger charge is -2.22. The van der Waals surface area contributed by atoms with Gasteiger partial charge in [-0.2, -0.15) is 5.10 Å². The Morgan fingerprint density at radius 3 is 2.41 bits per heavy atom. The van der Waals surface area contributed by atoms with Gasteiger partial charge in [-0.3, -0.25) is 29.8 Å². The molecule has 0 radical (unpaired) electrons. The molecule has 2 rings (SSSR count). The number of hydrogen-bond donors (Lipinski definition) is 2. The van der Waals surface area contributed by atoms with Crippen LogP contribution in [0, 0.1) is 20.2 Å². The molecule has 1 fully saturated rings. The Balaban J connectivity index is 1.90. The third-order valence-electron chi connectivity index (χ3n) is 4.59. The second-order valence-electron chi connectivity index (χ2n) is 6.97. The maximum Gasteiger partial charge on any atom is 0.279 e. The van der Waals surface area contributed by atoms with Crippen LogP contribution in [0.1, 0.15) is 51.0 Å². The molecule has 0 heterocycles. The van der Waals surface area contributed by atoms with Gasteiger partial charge in [0.2, 0.25) is 11.8 Å². The first kappa shape index (κ1) is 21.9. The van der Waals surface area contributed by atoms with Crippen molar-refractivity contribution >= 4 is 28.9 Å². The van der Waals surface area contributed by atoms with Crippen LogP contribution in [0.3, 0.4) is 0 Å². The molecule has 0 atom stereocenters. The van der Waals surface area contributed by atoms with Crippen LogP contribution in [0.5, 0.6) is 0 Å². The van der Waals surface area contributed by atoms with Gasteiger partial charge in [0.25, 0.3) is 11.4 Å². The van der Waals surface area contributed by atoms with Gasteiger partial charge in [0, 0.05) is 23.4 Å². The number of carbonyl (C=O) groups is 2. The number of amides is 2. The van der Waals surface area contributed by atoms with Crippen molar-refractivity contribution in [1.82, 2.24) is 10.7 Å². The zero-order valence-corrected chi connectivity index (χ0v) is 16.1. The minimum absolute atomic E-state index is 0.0287. The molecule has 2 N–H and O–H groups in total. The summed E-state index contributed by atoms with van der Waals surface area (Å²) in [6.07, 6.45) is 4.98. The van der Waals surface area contributed by atoms with Gasteiger partial charge in [0.15, 0.2) is 0 Å². The number of nitrogens with one attached hydrogen (secondary N) is 2. The van der Waals surface area contributed by atoms with Crippen molar-refractivity contribution in [2.24, 2.45) is 5.10 Å². The predicted molar refractivity (Wildman–Crippen MR) is 104 cm³/mol. The Labute approximate surface area is 166 Å². The third kappa shape index (κ3) is 6.94. The van der Waals surface area contributed by atoms with E-state index in [0.717, 1.165) is 37.8 Å². The van der Waals surface area contributed by atoms with E-state index < -0.39 is 27.1 Å². The molecule has 156 valence electrons. The molecule has 0 aromatic heterocycles. The molecule has 1 aliphatic carbocycles. The molecular weight excluding hydrogens is 382 g/mol. The molecule has 1 aromatic rings. The monoisotopic (exact) mass is 405 g/mol. The van der Waals surface area contributed by atoms with Gasteiger partial charge >= 0.3 is 0 Å². The van der Waals surface area contributed by atoms with E-state index in [-0.39, 0.29) is 30.4 Å². The minimum Gasteiger partial charge on any atom is -0.353 e. The average Bonchev–Trinajstić information content (AvgIpc) is 2.67. The predicted octanol–water partition coefficient (Wildman–Crippen LogP) is 2.38. The van der Waals surface area contributed by atoms with Crippen molar-refractivity contribution in [2.45, 2.75) is 57.9 Å². The van der Waals surface area contributed by atoms with Crippen LogP contribution >= 0.6 is 0 Å². The number of rotatable bonds is 8. The minimum atomic E-state index is -0.778. The number of nitro groups is 2. The van der Waals surface area contributed by atoms with E-state index in [1.165, 1.54) is 12.5 Å². The van der Waals surface area contributed by atoms with Gasteiger partial charge in [0.1, 0.15) is 0 Å². The summed E-state index contributed by atoms with van der Waals surface area (Å²) < 4.78 is 0. The quantitative estimate of drug-likeness (QED) is 0.384. The Hall–Kier alpha value is -3.37. The molecule has 0 spiro atoms. The average molecular weight is 405 g/mol. The molecule has 2 amide bonds. The van der Waals surface area contributed by atoms with Gasteiger partial charge in [-0.15, -0.1) is 0 Å². The normalized spacial score (nSPS) is 14.9. The first-order chi connectivity index (χ1) is 13.8. The fraction of sp³-hybridized carbons (Fsp3) is 0.500. The van der Waals surface area contributed by atoms with Crippen molar-refractivity contribution in [1.29, 1.82) is 0 Å². The molecule has 0 saturated heterocycles. The van der Waals surface area contributed by atoms with E-state index in [1.54, 1.807) is 6.92 Å². The van der Waals surface area contributed by atoms with Crippen LogP contribution in [-0.4, -0.2) is 33.4 Å². The number of hydrazone groups is 1. The molecule has 1 aliphatic rings.